The summed E-state index contributed by atoms with van der Waals surface area (Å²) < 4.78 is 1.60. The molecule has 4 heterocycles. The normalized spacial score (nSPS) is 15.2. The summed E-state index contributed by atoms with van der Waals surface area (Å²) in [5.74, 6) is 0. The molecule has 0 unspecified atom stereocenters. The predicted molar refractivity (Wildman–Crippen MR) is 115 cm³/mol. The number of anilines is 1. The summed E-state index contributed by atoms with van der Waals surface area (Å²) in [4.78, 5) is 22.2. The number of fused-ring (bicyclic) bond motifs is 1. The van der Waals surface area contributed by atoms with Crippen molar-refractivity contribution in [2.75, 3.05) is 37.6 Å². The number of nitrogens with one attached hydrogen (secondary N) is 2. The van der Waals surface area contributed by atoms with E-state index in [0.717, 1.165) is 38.4 Å². The maximum atomic E-state index is 12.8. The summed E-state index contributed by atoms with van der Waals surface area (Å²) in [6.45, 7) is 9.29. The lowest BCUT2D eigenvalue weighted by Crippen LogP contribution is -2.46. The van der Waals surface area contributed by atoms with E-state index >= 15 is 0 Å². The molecule has 3 aromatic heterocycles. The minimum Gasteiger partial charge on any atom is -0.368 e. The summed E-state index contributed by atoms with van der Waals surface area (Å²) in [5, 5.41) is 15.0. The summed E-state index contributed by atoms with van der Waals surface area (Å²) in [7, 11) is 0. The Balaban J connectivity index is 1.60. The Morgan fingerprint density at radius 1 is 1.17 bits per heavy atom. The molecule has 4 rings (SSSR count). The number of H-pyrrole nitrogens is 1. The number of aromatic nitrogens is 4. The molecule has 1 aliphatic rings. The molecule has 0 bridgehead atoms. The fourth-order valence-electron chi connectivity index (χ4n) is 3.75. The fourth-order valence-corrected chi connectivity index (χ4v) is 3.75. The quantitative estimate of drug-likeness (QED) is 0.627. The van der Waals surface area contributed by atoms with Crippen LogP contribution in [0, 0.1) is 5.41 Å². The van der Waals surface area contributed by atoms with Crippen LogP contribution in [0.5, 0.6) is 0 Å². The van der Waals surface area contributed by atoms with Gasteiger partial charge in [0.15, 0.2) is 0 Å². The maximum Gasteiger partial charge on any atom is 0.258 e. The van der Waals surface area contributed by atoms with E-state index in [9.17, 15) is 4.79 Å². The molecule has 8 nitrogen and oxygen atoms in total. The van der Waals surface area contributed by atoms with Crippen LogP contribution < -0.4 is 10.5 Å². The molecule has 3 aromatic rings. The zero-order valence-electron chi connectivity index (χ0n) is 17.0. The average molecular weight is 393 g/mol. The molecule has 1 fully saturated rings. The third kappa shape index (κ3) is 3.93. The van der Waals surface area contributed by atoms with E-state index in [2.05, 4.69) is 31.9 Å². The van der Waals surface area contributed by atoms with Gasteiger partial charge in [0.1, 0.15) is 11.3 Å². The number of hydrogen-bond donors (Lipinski definition) is 2. The first-order valence-electron chi connectivity index (χ1n) is 10.2. The highest BCUT2D eigenvalue weighted by atomic mass is 16.1. The first-order valence-corrected chi connectivity index (χ1v) is 10.2. The summed E-state index contributed by atoms with van der Waals surface area (Å²) in [6, 6.07) is 7.22. The summed E-state index contributed by atoms with van der Waals surface area (Å²) >= 11 is 0. The van der Waals surface area contributed by atoms with Crippen molar-refractivity contribution in [3.05, 3.63) is 46.5 Å². The Labute approximate surface area is 169 Å². The van der Waals surface area contributed by atoms with Gasteiger partial charge in [-0.1, -0.05) is 13.8 Å². The van der Waals surface area contributed by atoms with Crippen molar-refractivity contribution in [2.24, 2.45) is 0 Å². The molecule has 8 heteroatoms. The number of piperazine rings is 1. The van der Waals surface area contributed by atoms with Crippen LogP contribution in [-0.2, 0) is 0 Å². The van der Waals surface area contributed by atoms with Crippen molar-refractivity contribution in [3.63, 3.8) is 0 Å². The molecular weight excluding hydrogens is 366 g/mol. The van der Waals surface area contributed by atoms with E-state index in [1.54, 1.807) is 10.5 Å². The molecule has 0 aliphatic carbocycles. The largest absolute Gasteiger partial charge is 0.368 e. The number of rotatable bonds is 6. The topological polar surface area (TPSA) is 93.4 Å². The van der Waals surface area contributed by atoms with Crippen LogP contribution in [0.25, 0.3) is 17.0 Å². The average Bonchev–Trinajstić information content (AvgIpc) is 3.24. The van der Waals surface area contributed by atoms with E-state index in [1.165, 1.54) is 12.5 Å². The Morgan fingerprint density at radius 2 is 1.97 bits per heavy atom. The van der Waals surface area contributed by atoms with Crippen LogP contribution in [0.4, 0.5) is 5.69 Å². The molecule has 29 heavy (non-hydrogen) atoms. The van der Waals surface area contributed by atoms with Crippen molar-refractivity contribution >= 4 is 17.0 Å². The van der Waals surface area contributed by atoms with Gasteiger partial charge in [0.2, 0.25) is 0 Å². The number of aromatic amines is 1. The van der Waals surface area contributed by atoms with Crippen molar-refractivity contribution in [2.45, 2.75) is 26.7 Å². The minimum absolute atomic E-state index is 0.127. The third-order valence-corrected chi connectivity index (χ3v) is 5.44. The third-order valence-electron chi connectivity index (χ3n) is 5.44. The lowest BCUT2D eigenvalue weighted by atomic mass is 10.2. The van der Waals surface area contributed by atoms with Gasteiger partial charge in [0, 0.05) is 38.4 Å². The Hall–Kier alpha value is -3.00. The Kier molecular flexibility index (Phi) is 5.44. The van der Waals surface area contributed by atoms with E-state index in [1.807, 2.05) is 25.3 Å². The Bertz CT molecular complexity index is 1080. The van der Waals surface area contributed by atoms with Crippen molar-refractivity contribution in [1.82, 2.24) is 24.5 Å². The lowest BCUT2D eigenvalue weighted by molar-refractivity contribution is 0.258. The van der Waals surface area contributed by atoms with Gasteiger partial charge in [-0.15, -0.1) is 0 Å². The van der Waals surface area contributed by atoms with E-state index in [4.69, 9.17) is 5.41 Å². The maximum absolute atomic E-state index is 12.8. The smallest absolute Gasteiger partial charge is 0.258 e. The molecule has 0 spiro atoms. The van der Waals surface area contributed by atoms with Gasteiger partial charge in [-0.3, -0.25) is 19.2 Å². The number of pyridine rings is 1. The molecule has 2 N–H and O–H groups in total. The van der Waals surface area contributed by atoms with E-state index in [0.29, 0.717) is 34.9 Å². The monoisotopic (exact) mass is 393 g/mol. The van der Waals surface area contributed by atoms with Crippen LogP contribution in [0.15, 0.2) is 35.3 Å². The highest BCUT2D eigenvalue weighted by molar-refractivity contribution is 5.96. The molecule has 152 valence electrons. The first kappa shape index (κ1) is 19.3. The zero-order chi connectivity index (χ0) is 20.4. The highest BCUT2D eigenvalue weighted by Crippen LogP contribution is 2.19. The fraction of sp³-hybridized carbons (Fsp3) is 0.429. The van der Waals surface area contributed by atoms with Crippen molar-refractivity contribution in [3.8, 4) is 11.4 Å². The molecule has 1 aliphatic heterocycles. The van der Waals surface area contributed by atoms with Crippen molar-refractivity contribution in [1.29, 1.82) is 5.41 Å². The lowest BCUT2D eigenvalue weighted by Gasteiger charge is -2.35. The van der Waals surface area contributed by atoms with Gasteiger partial charge in [-0.2, -0.15) is 5.10 Å². The second kappa shape index (κ2) is 8.16. The van der Waals surface area contributed by atoms with Gasteiger partial charge in [-0.05, 0) is 37.6 Å². The molecule has 1 saturated heterocycles. The summed E-state index contributed by atoms with van der Waals surface area (Å²) in [6.07, 6.45) is 3.67. The molecule has 0 saturated carbocycles. The molecule has 0 aromatic carbocycles. The van der Waals surface area contributed by atoms with Gasteiger partial charge in [0.25, 0.3) is 5.56 Å². The van der Waals surface area contributed by atoms with Crippen LogP contribution in [-0.4, -0.2) is 62.9 Å². The zero-order valence-corrected chi connectivity index (χ0v) is 17.0. The first-order chi connectivity index (χ1) is 14.1. The van der Waals surface area contributed by atoms with E-state index in [-0.39, 0.29) is 5.56 Å². The van der Waals surface area contributed by atoms with Crippen LogP contribution in [0.1, 0.15) is 32.4 Å². The minimum atomic E-state index is -0.127. The molecular formula is C21H27N7O. The molecule has 0 atom stereocenters. The second-order valence-electron chi connectivity index (χ2n) is 7.42. The van der Waals surface area contributed by atoms with Crippen LogP contribution in [0.2, 0.25) is 0 Å². The van der Waals surface area contributed by atoms with E-state index < -0.39 is 0 Å². The van der Waals surface area contributed by atoms with Gasteiger partial charge >= 0.3 is 0 Å². The predicted octanol–water partition coefficient (Wildman–Crippen LogP) is 2.39. The number of hydrogen-bond acceptors (Lipinski definition) is 6. The Morgan fingerprint density at radius 3 is 2.69 bits per heavy atom. The second-order valence-corrected chi connectivity index (χ2v) is 7.42. The summed E-state index contributed by atoms with van der Waals surface area (Å²) in [5.41, 5.74) is 3.74. The van der Waals surface area contributed by atoms with Crippen molar-refractivity contribution < 1.29 is 0 Å². The van der Waals surface area contributed by atoms with Gasteiger partial charge in [-0.25, -0.2) is 4.98 Å². The SMILES string of the molecule is CCCN1CCN(c2ccc3nc(-c4cc(C(=N)CC)n[nH]4)cc(=O)n3c2)CC1. The standard InChI is InChI=1S/C21H27N7O/c1-3-7-26-8-10-27(11-9-26)15-5-6-20-23-18(13-21(29)28(20)14-15)19-12-17(24-25-19)16(22)4-2/h5-6,12-14,22H,3-4,7-11H2,1-2H3,(H,24,25). The number of nitrogens with zero attached hydrogens (tertiary/aromatic N) is 5. The molecule has 0 amide bonds. The van der Waals surface area contributed by atoms with Crippen LogP contribution >= 0.6 is 0 Å². The molecule has 0 radical (unpaired) electrons. The highest BCUT2D eigenvalue weighted by Gasteiger charge is 2.17. The van der Waals surface area contributed by atoms with Gasteiger partial charge in [0.05, 0.1) is 22.8 Å². The van der Waals surface area contributed by atoms with Crippen LogP contribution in [0.3, 0.4) is 0 Å². The van der Waals surface area contributed by atoms with Gasteiger partial charge < -0.3 is 10.3 Å².